The third kappa shape index (κ3) is 5.14. The maximum Gasteiger partial charge on any atom is 0.410 e. The van der Waals surface area contributed by atoms with Crippen LogP contribution in [0.4, 0.5) is 4.79 Å². The SMILES string of the molecule is CC(C)(C)OC(=O)N1CCC(NCc2cc(Br)ccc2Cl)C1. The molecule has 0 radical (unpaired) electrons. The second kappa shape index (κ2) is 7.20. The lowest BCUT2D eigenvalue weighted by Crippen LogP contribution is -2.38. The van der Waals surface area contributed by atoms with Crippen LogP contribution >= 0.6 is 27.5 Å². The number of amides is 1. The average Bonchev–Trinajstić information content (AvgIpc) is 2.87. The molecule has 1 N–H and O–H groups in total. The molecule has 1 aliphatic heterocycles. The number of benzene rings is 1. The molecule has 4 nitrogen and oxygen atoms in total. The minimum atomic E-state index is -0.452. The van der Waals surface area contributed by atoms with Crippen LogP contribution in [0.3, 0.4) is 0 Å². The molecule has 1 aromatic rings. The van der Waals surface area contributed by atoms with Crippen LogP contribution in [0.5, 0.6) is 0 Å². The molecule has 0 spiro atoms. The fourth-order valence-electron chi connectivity index (χ4n) is 2.35. The molecule has 22 heavy (non-hydrogen) atoms. The maximum absolute atomic E-state index is 12.0. The number of nitrogens with zero attached hydrogens (tertiary/aromatic N) is 1. The molecular formula is C16H22BrClN2O2. The Bertz CT molecular complexity index is 545. The Morgan fingerprint density at radius 1 is 1.50 bits per heavy atom. The van der Waals surface area contributed by atoms with Gasteiger partial charge in [-0.3, -0.25) is 0 Å². The zero-order valence-electron chi connectivity index (χ0n) is 13.2. The first kappa shape index (κ1) is 17.6. The van der Waals surface area contributed by atoms with Crippen LogP contribution in [-0.4, -0.2) is 35.7 Å². The number of ether oxygens (including phenoxy) is 1. The third-order valence-corrected chi connectivity index (χ3v) is 4.29. The molecule has 2 rings (SSSR count). The van der Waals surface area contributed by atoms with Gasteiger partial charge >= 0.3 is 6.09 Å². The first-order chi connectivity index (χ1) is 10.2. The van der Waals surface area contributed by atoms with Crippen LogP contribution in [0.2, 0.25) is 5.02 Å². The van der Waals surface area contributed by atoms with Gasteiger partial charge in [0.1, 0.15) is 5.60 Å². The van der Waals surface area contributed by atoms with Crippen molar-refractivity contribution in [2.24, 2.45) is 0 Å². The number of carbonyl (C=O) groups excluding carboxylic acids is 1. The van der Waals surface area contributed by atoms with Crippen molar-refractivity contribution in [1.82, 2.24) is 10.2 Å². The summed E-state index contributed by atoms with van der Waals surface area (Å²) in [7, 11) is 0. The molecule has 1 fully saturated rings. The van der Waals surface area contributed by atoms with E-state index in [4.69, 9.17) is 16.3 Å². The quantitative estimate of drug-likeness (QED) is 0.842. The van der Waals surface area contributed by atoms with Crippen molar-refractivity contribution in [3.8, 4) is 0 Å². The van der Waals surface area contributed by atoms with Gasteiger partial charge in [0, 0.05) is 35.2 Å². The van der Waals surface area contributed by atoms with Gasteiger partial charge in [-0.05, 0) is 51.0 Å². The van der Waals surface area contributed by atoms with Gasteiger partial charge in [0.25, 0.3) is 0 Å². The third-order valence-electron chi connectivity index (χ3n) is 3.43. The lowest BCUT2D eigenvalue weighted by Gasteiger charge is -2.24. The van der Waals surface area contributed by atoms with Gasteiger partial charge < -0.3 is 15.0 Å². The highest BCUT2D eigenvalue weighted by molar-refractivity contribution is 9.10. The van der Waals surface area contributed by atoms with E-state index in [1.165, 1.54) is 0 Å². The van der Waals surface area contributed by atoms with Crippen molar-refractivity contribution in [1.29, 1.82) is 0 Å². The van der Waals surface area contributed by atoms with E-state index in [0.717, 1.165) is 28.0 Å². The number of halogens is 2. The Kier molecular flexibility index (Phi) is 5.75. The number of rotatable bonds is 3. The second-order valence-corrected chi connectivity index (χ2v) is 7.85. The summed E-state index contributed by atoms with van der Waals surface area (Å²) in [5, 5.41) is 4.21. The Balaban J connectivity index is 1.84. The summed E-state index contributed by atoms with van der Waals surface area (Å²) in [6, 6.07) is 6.08. The van der Waals surface area contributed by atoms with Crippen molar-refractivity contribution in [3.63, 3.8) is 0 Å². The summed E-state index contributed by atoms with van der Waals surface area (Å²) < 4.78 is 6.41. The van der Waals surface area contributed by atoms with E-state index in [9.17, 15) is 4.79 Å². The zero-order valence-corrected chi connectivity index (χ0v) is 15.5. The average molecular weight is 390 g/mol. The van der Waals surface area contributed by atoms with Gasteiger partial charge in [-0.1, -0.05) is 27.5 Å². The van der Waals surface area contributed by atoms with Crippen LogP contribution in [-0.2, 0) is 11.3 Å². The Morgan fingerprint density at radius 3 is 2.91 bits per heavy atom. The van der Waals surface area contributed by atoms with Crippen molar-refractivity contribution in [2.75, 3.05) is 13.1 Å². The summed E-state index contributed by atoms with van der Waals surface area (Å²) in [6.07, 6.45) is 0.683. The summed E-state index contributed by atoms with van der Waals surface area (Å²) in [4.78, 5) is 13.8. The summed E-state index contributed by atoms with van der Waals surface area (Å²) in [6.45, 7) is 7.72. The number of carbonyl (C=O) groups is 1. The fraction of sp³-hybridized carbons (Fsp3) is 0.562. The maximum atomic E-state index is 12.0. The zero-order chi connectivity index (χ0) is 16.3. The van der Waals surface area contributed by atoms with Crippen molar-refractivity contribution in [2.45, 2.75) is 45.4 Å². The molecule has 0 aromatic heterocycles. The van der Waals surface area contributed by atoms with E-state index >= 15 is 0 Å². The predicted octanol–water partition coefficient (Wildman–Crippen LogP) is 4.20. The number of nitrogens with one attached hydrogen (secondary N) is 1. The molecule has 6 heteroatoms. The first-order valence-electron chi connectivity index (χ1n) is 7.40. The molecule has 1 heterocycles. The smallest absolute Gasteiger partial charge is 0.410 e. The molecule has 1 amide bonds. The van der Waals surface area contributed by atoms with Crippen LogP contribution in [0, 0.1) is 0 Å². The minimum absolute atomic E-state index is 0.239. The lowest BCUT2D eigenvalue weighted by molar-refractivity contribution is 0.0291. The molecule has 1 atom stereocenters. The van der Waals surface area contributed by atoms with Gasteiger partial charge in [-0.25, -0.2) is 4.79 Å². The van der Waals surface area contributed by atoms with Crippen LogP contribution < -0.4 is 5.32 Å². The van der Waals surface area contributed by atoms with Gasteiger partial charge in [0.2, 0.25) is 0 Å². The molecule has 1 saturated heterocycles. The van der Waals surface area contributed by atoms with Crippen molar-refractivity contribution in [3.05, 3.63) is 33.3 Å². The Hall–Kier alpha value is -0.780. The lowest BCUT2D eigenvalue weighted by atomic mass is 10.2. The summed E-state index contributed by atoms with van der Waals surface area (Å²) >= 11 is 9.64. The van der Waals surface area contributed by atoms with Gasteiger partial charge in [0.05, 0.1) is 0 Å². The Morgan fingerprint density at radius 2 is 2.23 bits per heavy atom. The first-order valence-corrected chi connectivity index (χ1v) is 8.57. The molecule has 0 saturated carbocycles. The highest BCUT2D eigenvalue weighted by atomic mass is 79.9. The molecule has 122 valence electrons. The molecule has 0 bridgehead atoms. The number of hydrogen-bond acceptors (Lipinski definition) is 3. The second-order valence-electron chi connectivity index (χ2n) is 6.53. The van der Waals surface area contributed by atoms with E-state index in [1.807, 2.05) is 39.0 Å². The van der Waals surface area contributed by atoms with E-state index in [0.29, 0.717) is 13.1 Å². The normalized spacial score (nSPS) is 18.6. The Labute approximate surface area is 145 Å². The van der Waals surface area contributed by atoms with E-state index in [1.54, 1.807) is 4.90 Å². The van der Waals surface area contributed by atoms with Crippen LogP contribution in [0.15, 0.2) is 22.7 Å². The van der Waals surface area contributed by atoms with Crippen molar-refractivity contribution < 1.29 is 9.53 Å². The standard InChI is InChI=1S/C16H22BrClN2O2/c1-16(2,3)22-15(21)20-7-6-13(10-20)19-9-11-8-12(17)4-5-14(11)18/h4-5,8,13,19H,6-7,9-10H2,1-3H3. The fourth-order valence-corrected chi connectivity index (χ4v) is 2.95. The van der Waals surface area contributed by atoms with E-state index in [-0.39, 0.29) is 12.1 Å². The number of likely N-dealkylation sites (tertiary alicyclic amines) is 1. The van der Waals surface area contributed by atoms with Gasteiger partial charge in [-0.15, -0.1) is 0 Å². The molecular weight excluding hydrogens is 368 g/mol. The molecule has 1 aromatic carbocycles. The van der Waals surface area contributed by atoms with Gasteiger partial charge in [-0.2, -0.15) is 0 Å². The molecule has 0 aliphatic carbocycles. The largest absolute Gasteiger partial charge is 0.444 e. The monoisotopic (exact) mass is 388 g/mol. The van der Waals surface area contributed by atoms with E-state index in [2.05, 4.69) is 21.2 Å². The van der Waals surface area contributed by atoms with Crippen LogP contribution in [0.25, 0.3) is 0 Å². The summed E-state index contributed by atoms with van der Waals surface area (Å²) in [5.74, 6) is 0. The highest BCUT2D eigenvalue weighted by Gasteiger charge is 2.29. The van der Waals surface area contributed by atoms with Gasteiger partial charge in [0.15, 0.2) is 0 Å². The summed E-state index contributed by atoms with van der Waals surface area (Å²) in [5.41, 5.74) is 0.596. The topological polar surface area (TPSA) is 41.6 Å². The highest BCUT2D eigenvalue weighted by Crippen LogP contribution is 2.22. The minimum Gasteiger partial charge on any atom is -0.444 e. The number of hydrogen-bond donors (Lipinski definition) is 1. The molecule has 1 aliphatic rings. The van der Waals surface area contributed by atoms with Crippen molar-refractivity contribution >= 4 is 33.6 Å². The van der Waals surface area contributed by atoms with Crippen LogP contribution in [0.1, 0.15) is 32.8 Å². The van der Waals surface area contributed by atoms with E-state index < -0.39 is 5.60 Å². The molecule has 1 unspecified atom stereocenters. The predicted molar refractivity (Wildman–Crippen MR) is 92.2 cm³/mol.